The second-order valence-corrected chi connectivity index (χ2v) is 8.84. The van der Waals surface area contributed by atoms with E-state index in [0.717, 1.165) is 28.3 Å². The fourth-order valence-electron chi connectivity index (χ4n) is 3.78. The molecular weight excluding hydrogens is 461 g/mol. The molecule has 33 heavy (non-hydrogen) atoms. The van der Waals surface area contributed by atoms with Gasteiger partial charge in [0.25, 0.3) is 0 Å². The maximum absolute atomic E-state index is 13.1. The number of Topliss-reactive ketones (excluding diaryl/α,β-unsaturated/α-hetero) is 1. The molecule has 1 aliphatic heterocycles. The quantitative estimate of drug-likeness (QED) is 0.470. The van der Waals surface area contributed by atoms with Gasteiger partial charge < -0.3 is 9.64 Å². The lowest BCUT2D eigenvalue weighted by atomic mass is 9.91. The van der Waals surface area contributed by atoms with Crippen molar-refractivity contribution in [2.24, 2.45) is 0 Å². The van der Waals surface area contributed by atoms with E-state index in [4.69, 9.17) is 4.74 Å². The van der Waals surface area contributed by atoms with E-state index >= 15 is 0 Å². The number of nitrogens with zero attached hydrogens (tertiary/aromatic N) is 3. The molecule has 0 bridgehead atoms. The van der Waals surface area contributed by atoms with Crippen LogP contribution in [0.3, 0.4) is 0 Å². The molecule has 2 aromatic heterocycles. The Kier molecular flexibility index (Phi) is 7.08. The summed E-state index contributed by atoms with van der Waals surface area (Å²) in [5, 5.41) is 3.75. The highest BCUT2D eigenvalue weighted by Gasteiger charge is 2.50. The Labute approximate surface area is 192 Å². The summed E-state index contributed by atoms with van der Waals surface area (Å²) >= 11 is 0.868. The van der Waals surface area contributed by atoms with Gasteiger partial charge in [-0.15, -0.1) is 11.3 Å². The third-order valence-corrected chi connectivity index (χ3v) is 6.37. The molecule has 2 aromatic rings. The summed E-state index contributed by atoms with van der Waals surface area (Å²) in [4.78, 5) is 43.0. The molecule has 3 rings (SSSR count). The van der Waals surface area contributed by atoms with Crippen LogP contribution in [-0.4, -0.2) is 52.9 Å². The van der Waals surface area contributed by atoms with Crippen molar-refractivity contribution in [3.05, 3.63) is 40.9 Å². The smallest absolute Gasteiger partial charge is 0.417 e. The van der Waals surface area contributed by atoms with E-state index in [9.17, 15) is 27.6 Å². The number of halogens is 3. The number of carbonyl (C=O) groups excluding carboxylic acids is 3. The topological polar surface area (TPSA) is 91.8 Å². The molecule has 3 heterocycles. The zero-order valence-electron chi connectivity index (χ0n) is 18.2. The van der Waals surface area contributed by atoms with Gasteiger partial charge in [-0.2, -0.15) is 13.2 Å². The lowest BCUT2D eigenvalue weighted by Gasteiger charge is -2.34. The summed E-state index contributed by atoms with van der Waals surface area (Å²) in [7, 11) is 0. The number of alkyl halides is 3. The van der Waals surface area contributed by atoms with Crippen LogP contribution in [0.15, 0.2) is 29.8 Å². The predicted molar refractivity (Wildman–Crippen MR) is 116 cm³/mol. The number of anilines is 2. The number of hydrogen-bond donors (Lipinski definition) is 1. The minimum absolute atomic E-state index is 0.123. The van der Waals surface area contributed by atoms with E-state index < -0.39 is 35.2 Å². The fraction of sp³-hybridized carbons (Fsp3) is 0.429. The van der Waals surface area contributed by atoms with Crippen molar-refractivity contribution in [2.75, 3.05) is 23.5 Å². The zero-order chi connectivity index (χ0) is 24.4. The molecule has 0 spiro atoms. The monoisotopic (exact) mass is 484 g/mol. The highest BCUT2D eigenvalue weighted by atomic mass is 32.1. The highest BCUT2D eigenvalue weighted by molar-refractivity contribution is 7.14. The van der Waals surface area contributed by atoms with Crippen LogP contribution in [0.5, 0.6) is 0 Å². The van der Waals surface area contributed by atoms with Crippen LogP contribution >= 0.6 is 11.3 Å². The minimum atomic E-state index is -4.51. The number of aldehydes is 1. The Bertz CT molecular complexity index is 1040. The van der Waals surface area contributed by atoms with Gasteiger partial charge in [-0.3, -0.25) is 19.8 Å². The molecule has 8 nitrogen and oxygen atoms in total. The third-order valence-electron chi connectivity index (χ3n) is 5.40. The Morgan fingerprint density at radius 1 is 1.36 bits per heavy atom. The number of aromatic nitrogens is 1. The summed E-state index contributed by atoms with van der Waals surface area (Å²) in [6, 6.07) is 3.38. The van der Waals surface area contributed by atoms with E-state index in [2.05, 4.69) is 10.3 Å². The van der Waals surface area contributed by atoms with Crippen LogP contribution in [0.1, 0.15) is 31.9 Å². The number of amides is 1. The van der Waals surface area contributed by atoms with Gasteiger partial charge in [0, 0.05) is 23.7 Å². The number of thiophene rings is 1. The maximum Gasteiger partial charge on any atom is 0.417 e. The normalized spacial score (nSPS) is 18.2. The first-order valence-electron chi connectivity index (χ1n) is 10.0. The van der Waals surface area contributed by atoms with E-state index in [1.165, 1.54) is 11.1 Å². The molecule has 12 heteroatoms. The SMILES string of the molecule is CCOC(=O)Nc1cc(CN2CN(c3cc(C(F)(F)F)cs3)C(C(=O)C=O)C2(C)C)ccn1. The Morgan fingerprint density at radius 2 is 2.09 bits per heavy atom. The Balaban J connectivity index is 1.87. The molecule has 1 atom stereocenters. The van der Waals surface area contributed by atoms with Gasteiger partial charge in [0.05, 0.1) is 23.8 Å². The molecular formula is C21H23F3N4O4S. The van der Waals surface area contributed by atoms with E-state index in [1.807, 2.05) is 4.90 Å². The molecule has 1 aliphatic rings. The Hall–Kier alpha value is -2.99. The number of rotatable bonds is 7. The molecule has 0 aromatic carbocycles. The molecule has 0 radical (unpaired) electrons. The van der Waals surface area contributed by atoms with Crippen molar-refractivity contribution in [1.29, 1.82) is 0 Å². The number of hydrogen-bond acceptors (Lipinski definition) is 8. The van der Waals surface area contributed by atoms with Gasteiger partial charge in [0.1, 0.15) is 11.9 Å². The van der Waals surface area contributed by atoms with Crippen molar-refractivity contribution in [1.82, 2.24) is 9.88 Å². The van der Waals surface area contributed by atoms with Gasteiger partial charge >= 0.3 is 12.3 Å². The van der Waals surface area contributed by atoms with Crippen LogP contribution in [0.2, 0.25) is 0 Å². The van der Waals surface area contributed by atoms with Crippen molar-refractivity contribution >= 4 is 40.3 Å². The lowest BCUT2D eigenvalue weighted by molar-refractivity contribution is -0.137. The van der Waals surface area contributed by atoms with Gasteiger partial charge in [-0.1, -0.05) is 0 Å². The first kappa shape index (κ1) is 24.6. The summed E-state index contributed by atoms with van der Waals surface area (Å²) < 4.78 is 44.2. The molecule has 0 aliphatic carbocycles. The number of nitrogens with one attached hydrogen (secondary N) is 1. The standard InChI is InChI=1S/C21H23F3N4O4S/c1-4-32-19(31)26-16-7-13(5-6-25-16)9-27-12-28(18(15(30)10-29)20(27,2)3)17-8-14(11-33-17)21(22,23)24/h5-8,10-11,18H,4,9,12H2,1-3H3,(H,25,26,31). The molecule has 1 saturated heterocycles. The van der Waals surface area contributed by atoms with Crippen molar-refractivity contribution in [3.8, 4) is 0 Å². The van der Waals surface area contributed by atoms with Crippen LogP contribution in [0.25, 0.3) is 0 Å². The summed E-state index contributed by atoms with van der Waals surface area (Å²) in [6.07, 6.45) is -3.45. The Morgan fingerprint density at radius 3 is 2.70 bits per heavy atom. The number of ether oxygens (including phenoxy) is 1. The van der Waals surface area contributed by atoms with Gasteiger partial charge in [0.15, 0.2) is 6.29 Å². The molecule has 1 N–H and O–H groups in total. The summed E-state index contributed by atoms with van der Waals surface area (Å²) in [5.74, 6) is -0.447. The maximum atomic E-state index is 13.1. The van der Waals surface area contributed by atoms with Crippen LogP contribution in [-0.2, 0) is 27.0 Å². The number of ketones is 1. The average Bonchev–Trinajstić information content (AvgIpc) is 3.31. The van der Waals surface area contributed by atoms with E-state index in [-0.39, 0.29) is 30.4 Å². The van der Waals surface area contributed by atoms with E-state index in [1.54, 1.807) is 32.9 Å². The average molecular weight is 485 g/mol. The summed E-state index contributed by atoms with van der Waals surface area (Å²) in [5.41, 5.74) is -0.940. The van der Waals surface area contributed by atoms with E-state index in [0.29, 0.717) is 6.54 Å². The number of pyridine rings is 1. The molecule has 178 valence electrons. The van der Waals surface area contributed by atoms with Gasteiger partial charge in [-0.05, 0) is 44.5 Å². The van der Waals surface area contributed by atoms with Crippen LogP contribution in [0, 0.1) is 0 Å². The molecule has 1 amide bonds. The highest BCUT2D eigenvalue weighted by Crippen LogP contribution is 2.42. The van der Waals surface area contributed by atoms with Gasteiger partial charge in [0.2, 0.25) is 5.78 Å². The second kappa shape index (κ2) is 9.48. The largest absolute Gasteiger partial charge is 0.450 e. The van der Waals surface area contributed by atoms with Crippen molar-refractivity contribution < 1.29 is 32.3 Å². The third kappa shape index (κ3) is 5.33. The first-order chi connectivity index (χ1) is 15.5. The van der Waals surface area contributed by atoms with Crippen molar-refractivity contribution in [3.63, 3.8) is 0 Å². The number of carbonyl (C=O) groups is 3. The zero-order valence-corrected chi connectivity index (χ0v) is 19.0. The minimum Gasteiger partial charge on any atom is -0.450 e. The first-order valence-corrected chi connectivity index (χ1v) is 10.9. The second-order valence-electron chi connectivity index (χ2n) is 7.95. The van der Waals surface area contributed by atoms with Gasteiger partial charge in [-0.25, -0.2) is 9.78 Å². The summed E-state index contributed by atoms with van der Waals surface area (Å²) in [6.45, 7) is 5.81. The molecule has 0 saturated carbocycles. The lowest BCUT2D eigenvalue weighted by Crippen LogP contribution is -2.51. The van der Waals surface area contributed by atoms with Crippen LogP contribution < -0.4 is 10.2 Å². The predicted octanol–water partition coefficient (Wildman–Crippen LogP) is 3.93. The fourth-order valence-corrected chi connectivity index (χ4v) is 4.72. The van der Waals surface area contributed by atoms with Crippen molar-refractivity contribution in [2.45, 2.75) is 45.1 Å². The molecule has 1 fully saturated rings. The molecule has 1 unspecified atom stereocenters. The van der Waals surface area contributed by atoms with Crippen LogP contribution in [0.4, 0.5) is 28.8 Å².